The normalized spacial score (nSPS) is 20.5. The first-order valence-electron chi connectivity index (χ1n) is 7.60. The van der Waals surface area contributed by atoms with Gasteiger partial charge in [-0.25, -0.2) is 0 Å². The zero-order valence-electron chi connectivity index (χ0n) is 12.2. The van der Waals surface area contributed by atoms with Crippen molar-refractivity contribution in [2.75, 3.05) is 31.1 Å². The Kier molecular flexibility index (Phi) is 3.09. The number of aliphatic hydroxyl groups is 1. The van der Waals surface area contributed by atoms with E-state index in [4.69, 9.17) is 11.6 Å². The molecule has 0 unspecified atom stereocenters. The van der Waals surface area contributed by atoms with Gasteiger partial charge in [0.15, 0.2) is 0 Å². The van der Waals surface area contributed by atoms with E-state index in [9.17, 15) is 9.90 Å². The number of aromatic amines is 1. The molecule has 2 heterocycles. The Labute approximate surface area is 133 Å². The molecule has 5 nitrogen and oxygen atoms in total. The molecule has 1 amide bonds. The van der Waals surface area contributed by atoms with Crippen molar-refractivity contribution in [1.29, 1.82) is 0 Å². The predicted molar refractivity (Wildman–Crippen MR) is 86.3 cm³/mol. The smallest absolute Gasteiger partial charge is 0.254 e. The molecule has 22 heavy (non-hydrogen) atoms. The van der Waals surface area contributed by atoms with Crippen LogP contribution in [0, 0.1) is 0 Å². The molecule has 2 aliphatic rings. The molecule has 2 fully saturated rings. The highest BCUT2D eigenvalue weighted by atomic mass is 35.5. The number of anilines is 1. The van der Waals surface area contributed by atoms with Crippen molar-refractivity contribution in [2.45, 2.75) is 18.4 Å². The lowest BCUT2D eigenvalue weighted by Crippen LogP contribution is -2.52. The number of piperazine rings is 1. The van der Waals surface area contributed by atoms with E-state index < -0.39 is 5.60 Å². The number of hydrogen-bond acceptors (Lipinski definition) is 3. The monoisotopic (exact) mass is 319 g/mol. The Morgan fingerprint density at radius 1 is 1.23 bits per heavy atom. The van der Waals surface area contributed by atoms with E-state index in [0.29, 0.717) is 31.0 Å². The Morgan fingerprint density at radius 2 is 1.95 bits per heavy atom. The molecule has 1 aliphatic carbocycles. The quantitative estimate of drug-likeness (QED) is 0.890. The van der Waals surface area contributed by atoms with Gasteiger partial charge in [-0.15, -0.1) is 0 Å². The molecule has 0 spiro atoms. The number of nitrogens with one attached hydrogen (secondary N) is 1. The Bertz CT molecular complexity index is 730. The summed E-state index contributed by atoms with van der Waals surface area (Å²) in [4.78, 5) is 19.4. The van der Waals surface area contributed by atoms with Crippen molar-refractivity contribution < 1.29 is 9.90 Å². The van der Waals surface area contributed by atoms with Crippen LogP contribution in [0.5, 0.6) is 0 Å². The minimum absolute atomic E-state index is 0.106. The van der Waals surface area contributed by atoms with Gasteiger partial charge in [0.2, 0.25) is 0 Å². The van der Waals surface area contributed by atoms with Crippen molar-refractivity contribution in [2.24, 2.45) is 0 Å². The summed E-state index contributed by atoms with van der Waals surface area (Å²) in [6, 6.07) is 5.94. The molecule has 1 aliphatic heterocycles. The van der Waals surface area contributed by atoms with Crippen LogP contribution < -0.4 is 4.90 Å². The molecule has 2 N–H and O–H groups in total. The maximum atomic E-state index is 12.2. The number of carbonyl (C=O) groups is 1. The minimum Gasteiger partial charge on any atom is -0.380 e. The van der Waals surface area contributed by atoms with Gasteiger partial charge in [-0.1, -0.05) is 11.6 Å². The van der Waals surface area contributed by atoms with Gasteiger partial charge in [0, 0.05) is 54.0 Å². The number of aromatic nitrogens is 1. The fraction of sp³-hybridized carbons (Fsp3) is 0.438. The SMILES string of the molecule is O=C(N1CCN(c2cc(Cl)cc3[nH]ccc23)CC1)C1(O)CC1. The molecule has 0 atom stereocenters. The first-order chi connectivity index (χ1) is 10.6. The molecule has 1 aromatic heterocycles. The number of nitrogens with zero attached hydrogens (tertiary/aromatic N) is 2. The molecule has 6 heteroatoms. The molecule has 4 rings (SSSR count). The van der Waals surface area contributed by atoms with Crippen LogP contribution in [0.2, 0.25) is 5.02 Å². The summed E-state index contributed by atoms with van der Waals surface area (Å²) < 4.78 is 0. The predicted octanol–water partition coefficient (Wildman–Crippen LogP) is 1.99. The van der Waals surface area contributed by atoms with Gasteiger partial charge in [-0.3, -0.25) is 4.79 Å². The average Bonchev–Trinajstić information content (AvgIpc) is 3.10. The summed E-state index contributed by atoms with van der Waals surface area (Å²) >= 11 is 6.20. The first kappa shape index (κ1) is 13.9. The molecular weight excluding hydrogens is 302 g/mol. The summed E-state index contributed by atoms with van der Waals surface area (Å²) in [5, 5.41) is 11.8. The highest BCUT2D eigenvalue weighted by Crippen LogP contribution is 2.37. The van der Waals surface area contributed by atoms with Crippen LogP contribution in [0.3, 0.4) is 0 Å². The highest BCUT2D eigenvalue weighted by molar-refractivity contribution is 6.31. The molecule has 1 aromatic carbocycles. The highest BCUT2D eigenvalue weighted by Gasteiger charge is 2.50. The van der Waals surface area contributed by atoms with Crippen molar-refractivity contribution >= 4 is 34.1 Å². The van der Waals surface area contributed by atoms with E-state index in [2.05, 4.69) is 9.88 Å². The van der Waals surface area contributed by atoms with Crippen LogP contribution in [0.4, 0.5) is 5.69 Å². The summed E-state index contributed by atoms with van der Waals surface area (Å²) in [5.74, 6) is -0.106. The molecule has 0 radical (unpaired) electrons. The van der Waals surface area contributed by atoms with E-state index >= 15 is 0 Å². The number of hydrogen-bond donors (Lipinski definition) is 2. The second-order valence-corrected chi connectivity index (χ2v) is 6.61. The minimum atomic E-state index is -1.06. The van der Waals surface area contributed by atoms with Gasteiger partial charge < -0.3 is 19.9 Å². The largest absolute Gasteiger partial charge is 0.380 e. The number of H-pyrrole nitrogens is 1. The van der Waals surface area contributed by atoms with E-state index in [1.165, 1.54) is 0 Å². The second kappa shape index (κ2) is 4.89. The summed E-state index contributed by atoms with van der Waals surface area (Å²) in [6.07, 6.45) is 3.11. The fourth-order valence-electron chi connectivity index (χ4n) is 3.15. The average molecular weight is 320 g/mol. The van der Waals surface area contributed by atoms with E-state index in [1.807, 2.05) is 24.4 Å². The van der Waals surface area contributed by atoms with E-state index in [1.54, 1.807) is 4.90 Å². The van der Waals surface area contributed by atoms with Crippen LogP contribution >= 0.6 is 11.6 Å². The number of rotatable bonds is 2. The van der Waals surface area contributed by atoms with Crippen LogP contribution in [0.15, 0.2) is 24.4 Å². The van der Waals surface area contributed by atoms with Crippen molar-refractivity contribution in [3.63, 3.8) is 0 Å². The lowest BCUT2D eigenvalue weighted by Gasteiger charge is -2.37. The summed E-state index contributed by atoms with van der Waals surface area (Å²) in [6.45, 7) is 2.78. The lowest BCUT2D eigenvalue weighted by molar-refractivity contribution is -0.142. The van der Waals surface area contributed by atoms with Crippen LogP contribution in [0.25, 0.3) is 10.9 Å². The maximum absolute atomic E-state index is 12.2. The van der Waals surface area contributed by atoms with Crippen LogP contribution in [0.1, 0.15) is 12.8 Å². The summed E-state index contributed by atoms with van der Waals surface area (Å²) in [7, 11) is 0. The van der Waals surface area contributed by atoms with Gasteiger partial charge in [-0.2, -0.15) is 0 Å². The number of benzene rings is 1. The van der Waals surface area contributed by atoms with Gasteiger partial charge in [-0.05, 0) is 31.0 Å². The van der Waals surface area contributed by atoms with Crippen LogP contribution in [-0.2, 0) is 4.79 Å². The molecule has 2 aromatic rings. The molecule has 0 bridgehead atoms. The molecule has 1 saturated carbocycles. The standard InChI is InChI=1S/C16H18ClN3O2/c17-11-9-13-12(1-4-18-13)14(10-11)19-5-7-20(8-6-19)15(21)16(22)2-3-16/h1,4,9-10,18,22H,2-3,5-8H2. The Balaban J connectivity index is 1.53. The molecular formula is C16H18ClN3O2. The number of carbonyl (C=O) groups excluding carboxylic acids is 1. The number of halogens is 1. The van der Waals surface area contributed by atoms with E-state index in [-0.39, 0.29) is 5.91 Å². The third-order valence-electron chi connectivity index (χ3n) is 4.64. The topological polar surface area (TPSA) is 59.6 Å². The van der Waals surface area contributed by atoms with Crippen molar-refractivity contribution in [3.05, 3.63) is 29.4 Å². The van der Waals surface area contributed by atoms with Gasteiger partial charge in [0.05, 0.1) is 0 Å². The van der Waals surface area contributed by atoms with Gasteiger partial charge in [0.25, 0.3) is 5.91 Å². The number of amides is 1. The second-order valence-electron chi connectivity index (χ2n) is 6.17. The summed E-state index contributed by atoms with van der Waals surface area (Å²) in [5.41, 5.74) is 1.06. The third-order valence-corrected chi connectivity index (χ3v) is 4.86. The fourth-order valence-corrected chi connectivity index (χ4v) is 3.36. The molecule has 116 valence electrons. The first-order valence-corrected chi connectivity index (χ1v) is 7.98. The van der Waals surface area contributed by atoms with Crippen molar-refractivity contribution in [1.82, 2.24) is 9.88 Å². The number of fused-ring (bicyclic) bond motifs is 1. The van der Waals surface area contributed by atoms with Gasteiger partial charge >= 0.3 is 0 Å². The molecule has 1 saturated heterocycles. The zero-order chi connectivity index (χ0) is 15.3. The maximum Gasteiger partial charge on any atom is 0.254 e. The Morgan fingerprint density at radius 3 is 2.64 bits per heavy atom. The van der Waals surface area contributed by atoms with Crippen LogP contribution in [-0.4, -0.2) is 52.7 Å². The zero-order valence-corrected chi connectivity index (χ0v) is 12.9. The lowest BCUT2D eigenvalue weighted by atomic mass is 10.1. The third kappa shape index (κ3) is 2.25. The Hall–Kier alpha value is -1.72. The van der Waals surface area contributed by atoms with Gasteiger partial charge in [0.1, 0.15) is 5.60 Å². The van der Waals surface area contributed by atoms with Crippen molar-refractivity contribution in [3.8, 4) is 0 Å². The van der Waals surface area contributed by atoms with E-state index in [0.717, 1.165) is 29.7 Å².